The molecule has 0 aliphatic heterocycles. The molecule has 6 heteroatoms. The number of primary amides is 1. The Hall–Kier alpha value is -2.11. The summed E-state index contributed by atoms with van der Waals surface area (Å²) in [5.41, 5.74) is 5.56. The van der Waals surface area contributed by atoms with E-state index in [2.05, 4.69) is 15.0 Å². The van der Waals surface area contributed by atoms with E-state index in [-0.39, 0.29) is 16.8 Å². The molecule has 4 N–H and O–H groups in total. The smallest absolute Gasteiger partial charge is 0.275 e. The molecule has 0 aliphatic carbocycles. The van der Waals surface area contributed by atoms with Crippen LogP contribution in [0.25, 0.3) is 11.0 Å². The van der Waals surface area contributed by atoms with E-state index >= 15 is 0 Å². The van der Waals surface area contributed by atoms with Gasteiger partial charge in [0.1, 0.15) is 11.2 Å². The van der Waals surface area contributed by atoms with Gasteiger partial charge in [-0.1, -0.05) is 0 Å². The summed E-state index contributed by atoms with van der Waals surface area (Å²) >= 11 is 0. The van der Waals surface area contributed by atoms with E-state index in [1.54, 1.807) is 0 Å². The van der Waals surface area contributed by atoms with E-state index < -0.39 is 5.91 Å². The van der Waals surface area contributed by atoms with Gasteiger partial charge in [-0.2, -0.15) is 0 Å². The SMILES string of the molecule is NC(=O)c1cc2nc[nH]c(=O)c2[nH]1. The molecule has 0 spiro atoms. The second kappa shape index (κ2) is 2.44. The Morgan fingerprint density at radius 1 is 1.54 bits per heavy atom. The minimum absolute atomic E-state index is 0.180. The average Bonchev–Trinajstić information content (AvgIpc) is 2.49. The standard InChI is InChI=1S/C7H6N4O2/c8-6(12)4-1-3-5(11-4)7(13)10-2-9-3/h1-2,11H,(H2,8,12)(H,9,10,13). The number of H-pyrrole nitrogens is 2. The van der Waals surface area contributed by atoms with Crippen molar-refractivity contribution in [3.63, 3.8) is 0 Å². The normalized spacial score (nSPS) is 10.5. The number of nitrogens with two attached hydrogens (primary N) is 1. The lowest BCUT2D eigenvalue weighted by molar-refractivity contribution is 0.0996. The lowest BCUT2D eigenvalue weighted by atomic mass is 10.4. The first kappa shape index (κ1) is 7.53. The van der Waals surface area contributed by atoms with E-state index in [1.165, 1.54) is 12.4 Å². The Kier molecular flexibility index (Phi) is 1.42. The van der Waals surface area contributed by atoms with Gasteiger partial charge in [-0.15, -0.1) is 0 Å². The van der Waals surface area contributed by atoms with Crippen molar-refractivity contribution in [2.45, 2.75) is 0 Å². The van der Waals surface area contributed by atoms with E-state index in [0.29, 0.717) is 5.52 Å². The number of hydrogen-bond donors (Lipinski definition) is 3. The summed E-state index contributed by atoms with van der Waals surface area (Å²) in [5.74, 6) is -0.614. The van der Waals surface area contributed by atoms with Crippen LogP contribution in [0, 0.1) is 0 Å². The zero-order valence-electron chi connectivity index (χ0n) is 6.50. The maximum Gasteiger partial charge on any atom is 0.275 e. The second-order valence-corrected chi connectivity index (χ2v) is 2.54. The molecule has 0 saturated carbocycles. The molecule has 1 amide bonds. The monoisotopic (exact) mass is 178 g/mol. The van der Waals surface area contributed by atoms with E-state index in [4.69, 9.17) is 5.73 Å². The lowest BCUT2D eigenvalue weighted by Crippen LogP contribution is -2.11. The molecule has 13 heavy (non-hydrogen) atoms. The predicted molar refractivity (Wildman–Crippen MR) is 45.2 cm³/mol. The summed E-state index contributed by atoms with van der Waals surface area (Å²) in [6.07, 6.45) is 1.27. The molecule has 2 heterocycles. The molecule has 2 aromatic heterocycles. The fraction of sp³-hybridized carbons (Fsp3) is 0. The molecule has 0 bridgehead atoms. The van der Waals surface area contributed by atoms with Crippen LogP contribution < -0.4 is 11.3 Å². The quantitative estimate of drug-likeness (QED) is 0.540. The number of nitrogens with one attached hydrogen (secondary N) is 2. The highest BCUT2D eigenvalue weighted by molar-refractivity contribution is 5.95. The lowest BCUT2D eigenvalue weighted by Gasteiger charge is -1.84. The van der Waals surface area contributed by atoms with Gasteiger partial charge in [-0.3, -0.25) is 9.59 Å². The zero-order chi connectivity index (χ0) is 9.42. The van der Waals surface area contributed by atoms with Crippen molar-refractivity contribution in [1.29, 1.82) is 0 Å². The molecular formula is C7H6N4O2. The molecule has 0 aliphatic rings. The van der Waals surface area contributed by atoms with Crippen LogP contribution in [0.15, 0.2) is 17.2 Å². The molecule has 2 aromatic rings. The number of fused-ring (bicyclic) bond motifs is 1. The summed E-state index contributed by atoms with van der Waals surface area (Å²) in [7, 11) is 0. The van der Waals surface area contributed by atoms with Crippen LogP contribution in [0.3, 0.4) is 0 Å². The fourth-order valence-electron chi connectivity index (χ4n) is 1.08. The number of aromatic nitrogens is 3. The first-order chi connectivity index (χ1) is 6.18. The first-order valence-electron chi connectivity index (χ1n) is 3.54. The Bertz CT molecular complexity index is 525. The van der Waals surface area contributed by atoms with Gasteiger partial charge >= 0.3 is 0 Å². The van der Waals surface area contributed by atoms with Crippen LogP contribution in [0.4, 0.5) is 0 Å². The third-order valence-corrected chi connectivity index (χ3v) is 1.69. The van der Waals surface area contributed by atoms with Crippen molar-refractivity contribution in [3.8, 4) is 0 Å². The number of hydrogen-bond acceptors (Lipinski definition) is 3. The minimum Gasteiger partial charge on any atom is -0.364 e. The van der Waals surface area contributed by atoms with E-state index in [1.807, 2.05) is 0 Å². The van der Waals surface area contributed by atoms with Crippen molar-refractivity contribution in [3.05, 3.63) is 28.4 Å². The molecule has 0 aromatic carbocycles. The predicted octanol–water partition coefficient (Wildman–Crippen LogP) is -0.650. The molecule has 6 nitrogen and oxygen atoms in total. The summed E-state index contributed by atoms with van der Waals surface area (Å²) < 4.78 is 0. The molecule has 2 rings (SSSR count). The Morgan fingerprint density at radius 2 is 2.31 bits per heavy atom. The Balaban J connectivity index is 2.83. The van der Waals surface area contributed by atoms with Crippen LogP contribution in [0.2, 0.25) is 0 Å². The second-order valence-electron chi connectivity index (χ2n) is 2.54. The Labute approximate surface area is 71.8 Å². The largest absolute Gasteiger partial charge is 0.364 e. The summed E-state index contributed by atoms with van der Waals surface area (Å²) in [6.45, 7) is 0. The number of amides is 1. The van der Waals surface area contributed by atoms with E-state index in [9.17, 15) is 9.59 Å². The minimum atomic E-state index is -0.614. The molecule has 0 fully saturated rings. The molecule has 0 saturated heterocycles. The third-order valence-electron chi connectivity index (χ3n) is 1.69. The van der Waals surface area contributed by atoms with Gasteiger partial charge in [0.15, 0.2) is 0 Å². The number of rotatable bonds is 1. The van der Waals surface area contributed by atoms with Gasteiger partial charge in [0.2, 0.25) is 0 Å². The van der Waals surface area contributed by atoms with Gasteiger partial charge in [0, 0.05) is 0 Å². The molecule has 0 unspecified atom stereocenters. The maximum absolute atomic E-state index is 11.1. The van der Waals surface area contributed by atoms with Gasteiger partial charge < -0.3 is 15.7 Å². The number of carbonyl (C=O) groups is 1. The zero-order valence-corrected chi connectivity index (χ0v) is 6.50. The molecule has 66 valence electrons. The number of aromatic amines is 2. The molecular weight excluding hydrogens is 172 g/mol. The van der Waals surface area contributed by atoms with Crippen molar-refractivity contribution >= 4 is 16.9 Å². The maximum atomic E-state index is 11.1. The fourth-order valence-corrected chi connectivity index (χ4v) is 1.08. The van der Waals surface area contributed by atoms with Gasteiger partial charge in [0.05, 0.1) is 11.8 Å². The third kappa shape index (κ3) is 1.08. The first-order valence-corrected chi connectivity index (χ1v) is 3.54. The average molecular weight is 178 g/mol. The highest BCUT2D eigenvalue weighted by atomic mass is 16.1. The number of carbonyl (C=O) groups excluding carboxylic acids is 1. The van der Waals surface area contributed by atoms with Crippen molar-refractivity contribution in [1.82, 2.24) is 15.0 Å². The molecule has 0 atom stereocenters. The van der Waals surface area contributed by atoms with Crippen molar-refractivity contribution in [2.75, 3.05) is 0 Å². The van der Waals surface area contributed by atoms with Crippen LogP contribution >= 0.6 is 0 Å². The van der Waals surface area contributed by atoms with Gasteiger partial charge in [-0.25, -0.2) is 4.98 Å². The highest BCUT2D eigenvalue weighted by Crippen LogP contribution is 2.06. The molecule has 0 radical (unpaired) electrons. The van der Waals surface area contributed by atoms with Crippen molar-refractivity contribution < 1.29 is 4.79 Å². The van der Waals surface area contributed by atoms with Gasteiger partial charge in [-0.05, 0) is 6.07 Å². The highest BCUT2D eigenvalue weighted by Gasteiger charge is 2.07. The Morgan fingerprint density at radius 3 is 2.92 bits per heavy atom. The summed E-state index contributed by atoms with van der Waals surface area (Å²) in [4.78, 5) is 30.7. The number of nitrogens with zero attached hydrogens (tertiary/aromatic N) is 1. The topological polar surface area (TPSA) is 105 Å². The van der Waals surface area contributed by atoms with Crippen LogP contribution in [-0.2, 0) is 0 Å². The van der Waals surface area contributed by atoms with Crippen LogP contribution in [-0.4, -0.2) is 20.9 Å². The van der Waals surface area contributed by atoms with E-state index in [0.717, 1.165) is 0 Å². The van der Waals surface area contributed by atoms with Crippen molar-refractivity contribution in [2.24, 2.45) is 5.73 Å². The van der Waals surface area contributed by atoms with Gasteiger partial charge in [0.25, 0.3) is 11.5 Å². The summed E-state index contributed by atoms with van der Waals surface area (Å²) in [6, 6.07) is 1.44. The van der Waals surface area contributed by atoms with Crippen LogP contribution in [0.1, 0.15) is 10.5 Å². The summed E-state index contributed by atoms with van der Waals surface area (Å²) in [5, 5.41) is 0. The van der Waals surface area contributed by atoms with Crippen LogP contribution in [0.5, 0.6) is 0 Å².